The van der Waals surface area contributed by atoms with Crippen LogP contribution in [0.2, 0.25) is 0 Å². The van der Waals surface area contributed by atoms with Gasteiger partial charge in [-0.2, -0.15) is 8.78 Å². The molecule has 0 aromatic heterocycles. The zero-order valence-corrected chi connectivity index (χ0v) is 10.4. The highest BCUT2D eigenvalue weighted by molar-refractivity contribution is 5.93. The number of carbonyl (C=O) groups is 1. The van der Waals surface area contributed by atoms with E-state index in [4.69, 9.17) is 5.73 Å². The maximum Gasteiger partial charge on any atom is 0.387 e. The van der Waals surface area contributed by atoms with Gasteiger partial charge in [-0.3, -0.25) is 4.79 Å². The quantitative estimate of drug-likeness (QED) is 0.864. The van der Waals surface area contributed by atoms with Crippen LogP contribution in [0.15, 0.2) is 24.3 Å². The van der Waals surface area contributed by atoms with Crippen molar-refractivity contribution in [2.45, 2.75) is 37.8 Å². The lowest BCUT2D eigenvalue weighted by Crippen LogP contribution is -2.48. The van der Waals surface area contributed by atoms with Crippen molar-refractivity contribution in [3.63, 3.8) is 0 Å². The molecule has 4 nitrogen and oxygen atoms in total. The summed E-state index contributed by atoms with van der Waals surface area (Å²) in [5, 5.41) is 2.56. The first-order valence-corrected chi connectivity index (χ1v) is 6.11. The van der Waals surface area contributed by atoms with Crippen molar-refractivity contribution >= 4 is 11.6 Å². The number of amides is 1. The van der Waals surface area contributed by atoms with Crippen LogP contribution in [-0.2, 0) is 4.79 Å². The van der Waals surface area contributed by atoms with Crippen LogP contribution in [0.4, 0.5) is 14.5 Å². The SMILES string of the molecule is NC1(CC(=O)Nc2ccccc2OC(F)F)CCC1. The summed E-state index contributed by atoms with van der Waals surface area (Å²) >= 11 is 0. The first kappa shape index (κ1) is 13.7. The van der Waals surface area contributed by atoms with E-state index >= 15 is 0 Å². The average Bonchev–Trinajstić information content (AvgIpc) is 2.29. The Morgan fingerprint density at radius 3 is 2.68 bits per heavy atom. The summed E-state index contributed by atoms with van der Waals surface area (Å²) in [4.78, 5) is 11.8. The van der Waals surface area contributed by atoms with Crippen LogP contribution in [0.5, 0.6) is 5.75 Å². The van der Waals surface area contributed by atoms with E-state index in [9.17, 15) is 13.6 Å². The topological polar surface area (TPSA) is 64.4 Å². The number of alkyl halides is 2. The lowest BCUT2D eigenvalue weighted by Gasteiger charge is -2.37. The number of nitrogens with two attached hydrogens (primary N) is 1. The van der Waals surface area contributed by atoms with E-state index < -0.39 is 12.2 Å². The fourth-order valence-electron chi connectivity index (χ4n) is 2.09. The fraction of sp³-hybridized carbons (Fsp3) is 0.462. The lowest BCUT2D eigenvalue weighted by atomic mass is 9.75. The van der Waals surface area contributed by atoms with Crippen molar-refractivity contribution in [2.24, 2.45) is 5.73 Å². The second-order valence-electron chi connectivity index (χ2n) is 4.82. The van der Waals surface area contributed by atoms with Crippen LogP contribution in [0, 0.1) is 0 Å². The minimum atomic E-state index is -2.93. The number of benzene rings is 1. The summed E-state index contributed by atoms with van der Waals surface area (Å²) in [7, 11) is 0. The van der Waals surface area contributed by atoms with E-state index in [1.54, 1.807) is 12.1 Å². The maximum atomic E-state index is 12.2. The molecule has 1 aliphatic carbocycles. The zero-order valence-electron chi connectivity index (χ0n) is 10.4. The molecular formula is C13H16F2N2O2. The molecule has 0 bridgehead atoms. The van der Waals surface area contributed by atoms with E-state index in [-0.39, 0.29) is 23.8 Å². The normalized spacial score (nSPS) is 16.8. The molecule has 0 saturated heterocycles. The standard InChI is InChI=1S/C13H16F2N2O2/c14-12(15)19-10-5-2-1-4-9(10)17-11(18)8-13(16)6-3-7-13/h1-2,4-5,12H,3,6-8,16H2,(H,17,18). The van der Waals surface area contributed by atoms with Crippen LogP contribution >= 0.6 is 0 Å². The van der Waals surface area contributed by atoms with Crippen molar-refractivity contribution in [3.8, 4) is 5.75 Å². The minimum Gasteiger partial charge on any atom is -0.433 e. The summed E-state index contributed by atoms with van der Waals surface area (Å²) < 4.78 is 28.8. The van der Waals surface area contributed by atoms with Crippen molar-refractivity contribution in [3.05, 3.63) is 24.3 Å². The number of hydrogen-bond acceptors (Lipinski definition) is 3. The van der Waals surface area contributed by atoms with Crippen LogP contribution in [0.1, 0.15) is 25.7 Å². The predicted molar refractivity (Wildman–Crippen MR) is 67.1 cm³/mol. The molecule has 1 aliphatic rings. The van der Waals surface area contributed by atoms with Crippen LogP contribution < -0.4 is 15.8 Å². The molecule has 2 rings (SSSR count). The number of halogens is 2. The van der Waals surface area contributed by atoms with Crippen molar-refractivity contribution in [1.29, 1.82) is 0 Å². The highest BCUT2D eigenvalue weighted by Crippen LogP contribution is 2.33. The van der Waals surface area contributed by atoms with Gasteiger partial charge in [0.2, 0.25) is 5.91 Å². The summed E-state index contributed by atoms with van der Waals surface area (Å²) in [6.07, 6.45) is 2.84. The molecule has 1 fully saturated rings. The number of para-hydroxylation sites is 2. The second-order valence-corrected chi connectivity index (χ2v) is 4.82. The van der Waals surface area contributed by atoms with Gasteiger partial charge in [-0.15, -0.1) is 0 Å². The summed E-state index contributed by atoms with van der Waals surface area (Å²) in [5.41, 5.74) is 5.75. The van der Waals surface area contributed by atoms with E-state index in [2.05, 4.69) is 10.1 Å². The number of hydrogen-bond donors (Lipinski definition) is 2. The first-order chi connectivity index (χ1) is 8.98. The van der Waals surface area contributed by atoms with E-state index in [1.807, 2.05) is 0 Å². The first-order valence-electron chi connectivity index (χ1n) is 6.11. The van der Waals surface area contributed by atoms with Crippen molar-refractivity contribution < 1.29 is 18.3 Å². The molecule has 0 spiro atoms. The largest absolute Gasteiger partial charge is 0.433 e. The van der Waals surface area contributed by atoms with Gasteiger partial charge in [-0.1, -0.05) is 12.1 Å². The number of rotatable bonds is 5. The zero-order chi connectivity index (χ0) is 13.9. The van der Waals surface area contributed by atoms with Gasteiger partial charge in [-0.25, -0.2) is 0 Å². The predicted octanol–water partition coefficient (Wildman–Crippen LogP) is 2.50. The van der Waals surface area contributed by atoms with Gasteiger partial charge in [0.05, 0.1) is 5.69 Å². The minimum absolute atomic E-state index is 0.0504. The molecule has 1 amide bonds. The average molecular weight is 270 g/mol. The number of anilines is 1. The molecule has 0 atom stereocenters. The molecular weight excluding hydrogens is 254 g/mol. The van der Waals surface area contributed by atoms with E-state index in [1.165, 1.54) is 12.1 Å². The van der Waals surface area contributed by atoms with Gasteiger partial charge >= 0.3 is 6.61 Å². The monoisotopic (exact) mass is 270 g/mol. The molecule has 1 aromatic rings. The molecule has 3 N–H and O–H groups in total. The van der Waals surface area contributed by atoms with Gasteiger partial charge in [0.1, 0.15) is 5.75 Å². The molecule has 104 valence electrons. The number of nitrogens with one attached hydrogen (secondary N) is 1. The molecule has 19 heavy (non-hydrogen) atoms. The third-order valence-corrected chi connectivity index (χ3v) is 3.24. The second kappa shape index (κ2) is 5.52. The van der Waals surface area contributed by atoms with Crippen LogP contribution in [-0.4, -0.2) is 18.1 Å². The highest BCUT2D eigenvalue weighted by atomic mass is 19.3. The van der Waals surface area contributed by atoms with E-state index in [0.717, 1.165) is 19.3 Å². The van der Waals surface area contributed by atoms with Crippen LogP contribution in [0.3, 0.4) is 0 Å². The Balaban J connectivity index is 1.99. The highest BCUT2D eigenvalue weighted by Gasteiger charge is 2.34. The Hall–Kier alpha value is -1.69. The van der Waals surface area contributed by atoms with Gasteiger partial charge < -0.3 is 15.8 Å². The van der Waals surface area contributed by atoms with Gasteiger partial charge in [-0.05, 0) is 31.4 Å². The van der Waals surface area contributed by atoms with Crippen molar-refractivity contribution in [1.82, 2.24) is 0 Å². The van der Waals surface area contributed by atoms with Gasteiger partial charge in [0, 0.05) is 12.0 Å². The third-order valence-electron chi connectivity index (χ3n) is 3.24. The Labute approximate surface area is 109 Å². The molecule has 1 saturated carbocycles. The lowest BCUT2D eigenvalue weighted by molar-refractivity contribution is -0.118. The number of ether oxygens (including phenoxy) is 1. The number of carbonyl (C=O) groups excluding carboxylic acids is 1. The fourth-order valence-corrected chi connectivity index (χ4v) is 2.09. The summed E-state index contributed by atoms with van der Waals surface area (Å²) in [5.74, 6) is -0.335. The van der Waals surface area contributed by atoms with Crippen molar-refractivity contribution in [2.75, 3.05) is 5.32 Å². The molecule has 0 aliphatic heterocycles. The summed E-state index contributed by atoms with van der Waals surface area (Å²) in [6.45, 7) is -2.93. The Morgan fingerprint density at radius 1 is 1.42 bits per heavy atom. The molecule has 0 unspecified atom stereocenters. The van der Waals surface area contributed by atoms with Gasteiger partial charge in [0.15, 0.2) is 0 Å². The smallest absolute Gasteiger partial charge is 0.387 e. The van der Waals surface area contributed by atoms with E-state index in [0.29, 0.717) is 0 Å². The van der Waals surface area contributed by atoms with Crippen LogP contribution in [0.25, 0.3) is 0 Å². The van der Waals surface area contributed by atoms with Gasteiger partial charge in [0.25, 0.3) is 0 Å². The molecule has 0 radical (unpaired) electrons. The Kier molecular flexibility index (Phi) is 3.99. The Morgan fingerprint density at radius 2 is 2.11 bits per heavy atom. The third kappa shape index (κ3) is 3.64. The molecule has 1 aromatic carbocycles. The molecule has 0 heterocycles. The maximum absolute atomic E-state index is 12.2. The molecule has 6 heteroatoms. The Bertz CT molecular complexity index is 462. The summed E-state index contributed by atoms with van der Waals surface area (Å²) in [6, 6.07) is 6.09.